The van der Waals surface area contributed by atoms with Crippen LogP contribution in [0, 0.1) is 5.92 Å². The normalized spacial score (nSPS) is 20.6. The van der Waals surface area contributed by atoms with E-state index in [1.54, 1.807) is 6.07 Å². The lowest BCUT2D eigenvalue weighted by Crippen LogP contribution is -2.16. The summed E-state index contributed by atoms with van der Waals surface area (Å²) in [7, 11) is 0. The third-order valence-corrected chi connectivity index (χ3v) is 3.30. The van der Waals surface area contributed by atoms with Crippen LogP contribution < -0.4 is 10.1 Å². The molecule has 1 atom stereocenters. The summed E-state index contributed by atoms with van der Waals surface area (Å²) in [6.45, 7) is -2.90. The summed E-state index contributed by atoms with van der Waals surface area (Å²) in [5.74, 6) is -0.837. The molecule has 1 N–H and O–H groups in total. The largest absolute Gasteiger partial charge is 0.435 e. The van der Waals surface area contributed by atoms with Gasteiger partial charge < -0.3 is 10.1 Å². The van der Waals surface area contributed by atoms with E-state index < -0.39 is 16.9 Å². The minimum atomic E-state index is -2.90. The molecule has 0 bridgehead atoms. The summed E-state index contributed by atoms with van der Waals surface area (Å²) >= 11 is 11.5. The second kappa shape index (κ2) is 4.90. The summed E-state index contributed by atoms with van der Waals surface area (Å²) in [6.07, 6.45) is 0.384. The molecule has 3 nitrogen and oxygen atoms in total. The van der Waals surface area contributed by atoms with Crippen molar-refractivity contribution in [2.45, 2.75) is 17.4 Å². The van der Waals surface area contributed by atoms with Crippen LogP contribution in [0.3, 0.4) is 0 Å². The molecular formula is C11H9Cl2F2NO2. The smallest absolute Gasteiger partial charge is 0.387 e. The van der Waals surface area contributed by atoms with Crippen molar-refractivity contribution in [1.29, 1.82) is 0 Å². The number of nitrogens with one attached hydrogen (secondary N) is 1. The van der Waals surface area contributed by atoms with Gasteiger partial charge in [-0.3, -0.25) is 4.79 Å². The fraction of sp³-hybridized carbons (Fsp3) is 0.364. The number of amides is 1. The Kier molecular flexibility index (Phi) is 3.64. The predicted molar refractivity (Wildman–Crippen MR) is 64.2 cm³/mol. The molecule has 1 aliphatic carbocycles. The Morgan fingerprint density at radius 3 is 2.72 bits per heavy atom. The van der Waals surface area contributed by atoms with Crippen molar-refractivity contribution in [3.8, 4) is 5.75 Å². The topological polar surface area (TPSA) is 38.3 Å². The molecule has 2 rings (SSSR count). The molecule has 0 heterocycles. The number of ether oxygens (including phenoxy) is 1. The first-order valence-corrected chi connectivity index (χ1v) is 5.87. The number of rotatable bonds is 4. The van der Waals surface area contributed by atoms with Gasteiger partial charge in [0.25, 0.3) is 0 Å². The third-order valence-electron chi connectivity index (χ3n) is 2.47. The molecule has 0 aromatic heterocycles. The van der Waals surface area contributed by atoms with Crippen molar-refractivity contribution in [3.05, 3.63) is 24.3 Å². The Labute approximate surface area is 112 Å². The Bertz CT molecular complexity index is 468. The third kappa shape index (κ3) is 3.23. The number of benzene rings is 1. The highest BCUT2D eigenvalue weighted by molar-refractivity contribution is 6.52. The Morgan fingerprint density at radius 2 is 2.17 bits per heavy atom. The van der Waals surface area contributed by atoms with Crippen molar-refractivity contribution >= 4 is 34.8 Å². The van der Waals surface area contributed by atoms with Gasteiger partial charge in [0, 0.05) is 11.8 Å². The molecule has 1 unspecified atom stereocenters. The van der Waals surface area contributed by atoms with Gasteiger partial charge in [0.05, 0.1) is 5.92 Å². The van der Waals surface area contributed by atoms with Crippen molar-refractivity contribution in [3.63, 3.8) is 0 Å². The average Bonchev–Trinajstić information content (AvgIpc) is 2.87. The van der Waals surface area contributed by atoms with E-state index >= 15 is 0 Å². The van der Waals surface area contributed by atoms with Crippen LogP contribution in [0.5, 0.6) is 5.75 Å². The zero-order chi connectivity index (χ0) is 13.3. The SMILES string of the molecule is O=C(Nc1cccc(OC(F)F)c1)C1CC1(Cl)Cl. The maximum atomic E-state index is 12.0. The number of hydrogen-bond acceptors (Lipinski definition) is 2. The lowest BCUT2D eigenvalue weighted by molar-refractivity contribution is -0.117. The summed E-state index contributed by atoms with van der Waals surface area (Å²) in [4.78, 5) is 11.7. The van der Waals surface area contributed by atoms with E-state index in [1.807, 2.05) is 0 Å². The summed E-state index contributed by atoms with van der Waals surface area (Å²) in [6, 6.07) is 5.72. The zero-order valence-electron chi connectivity index (χ0n) is 9.00. The van der Waals surface area contributed by atoms with E-state index in [1.165, 1.54) is 18.2 Å². The van der Waals surface area contributed by atoms with Crippen LogP contribution in [0.25, 0.3) is 0 Å². The monoisotopic (exact) mass is 295 g/mol. The van der Waals surface area contributed by atoms with Crippen molar-refractivity contribution < 1.29 is 18.3 Å². The van der Waals surface area contributed by atoms with Gasteiger partial charge in [-0.15, -0.1) is 23.2 Å². The molecule has 0 radical (unpaired) electrons. The molecule has 7 heteroatoms. The summed E-state index contributed by atoms with van der Waals surface area (Å²) < 4.78 is 27.2. The second-order valence-electron chi connectivity index (χ2n) is 3.91. The molecule has 0 aliphatic heterocycles. The number of anilines is 1. The van der Waals surface area contributed by atoms with E-state index in [2.05, 4.69) is 10.1 Å². The highest BCUT2D eigenvalue weighted by Gasteiger charge is 2.56. The Balaban J connectivity index is 1.99. The minimum absolute atomic E-state index is 0.0263. The van der Waals surface area contributed by atoms with Gasteiger partial charge in [0.2, 0.25) is 5.91 Å². The van der Waals surface area contributed by atoms with Crippen LogP contribution in [0.1, 0.15) is 6.42 Å². The van der Waals surface area contributed by atoms with Crippen LogP contribution in [-0.4, -0.2) is 16.9 Å². The lowest BCUT2D eigenvalue weighted by atomic mass is 10.3. The first-order valence-electron chi connectivity index (χ1n) is 5.12. The molecular weight excluding hydrogens is 287 g/mol. The molecule has 98 valence electrons. The maximum Gasteiger partial charge on any atom is 0.387 e. The second-order valence-corrected chi connectivity index (χ2v) is 5.46. The zero-order valence-corrected chi connectivity index (χ0v) is 10.5. The Morgan fingerprint density at radius 1 is 1.50 bits per heavy atom. The number of alkyl halides is 4. The van der Waals surface area contributed by atoms with Crippen LogP contribution in [0.4, 0.5) is 14.5 Å². The summed E-state index contributed by atoms with van der Waals surface area (Å²) in [5.41, 5.74) is 0.356. The van der Waals surface area contributed by atoms with E-state index in [0.29, 0.717) is 12.1 Å². The van der Waals surface area contributed by atoms with Gasteiger partial charge in [0.15, 0.2) is 0 Å². The van der Waals surface area contributed by atoms with Gasteiger partial charge in [0.1, 0.15) is 10.1 Å². The van der Waals surface area contributed by atoms with E-state index in [-0.39, 0.29) is 11.7 Å². The number of hydrogen-bond donors (Lipinski definition) is 1. The van der Waals surface area contributed by atoms with E-state index in [9.17, 15) is 13.6 Å². The van der Waals surface area contributed by atoms with E-state index in [0.717, 1.165) is 0 Å². The molecule has 1 aromatic carbocycles. The highest BCUT2D eigenvalue weighted by Crippen LogP contribution is 2.53. The van der Waals surface area contributed by atoms with Crippen LogP contribution in [-0.2, 0) is 4.79 Å². The molecule has 1 aromatic rings. The molecule has 1 fully saturated rings. The van der Waals surface area contributed by atoms with Gasteiger partial charge in [-0.05, 0) is 18.6 Å². The molecule has 1 saturated carbocycles. The number of carbonyl (C=O) groups is 1. The minimum Gasteiger partial charge on any atom is -0.435 e. The van der Waals surface area contributed by atoms with Gasteiger partial charge >= 0.3 is 6.61 Å². The molecule has 1 aliphatic rings. The highest BCUT2D eigenvalue weighted by atomic mass is 35.5. The van der Waals surface area contributed by atoms with Crippen molar-refractivity contribution in [2.24, 2.45) is 5.92 Å². The average molecular weight is 296 g/mol. The first kappa shape index (κ1) is 13.4. The molecule has 18 heavy (non-hydrogen) atoms. The fourth-order valence-corrected chi connectivity index (χ4v) is 1.98. The van der Waals surface area contributed by atoms with Crippen molar-refractivity contribution in [1.82, 2.24) is 0 Å². The molecule has 1 amide bonds. The molecule has 0 spiro atoms. The van der Waals surface area contributed by atoms with Crippen LogP contribution >= 0.6 is 23.2 Å². The maximum absolute atomic E-state index is 12.0. The van der Waals surface area contributed by atoms with Gasteiger partial charge in [-0.25, -0.2) is 0 Å². The lowest BCUT2D eigenvalue weighted by Gasteiger charge is -2.08. The van der Waals surface area contributed by atoms with Gasteiger partial charge in [-0.2, -0.15) is 8.78 Å². The number of carbonyl (C=O) groups excluding carboxylic acids is 1. The number of halogens is 4. The van der Waals surface area contributed by atoms with Gasteiger partial charge in [-0.1, -0.05) is 6.07 Å². The van der Waals surface area contributed by atoms with E-state index in [4.69, 9.17) is 23.2 Å². The standard InChI is InChI=1S/C11H9Cl2F2NO2/c12-11(13)5-8(11)9(17)16-6-2-1-3-7(4-6)18-10(14)15/h1-4,8,10H,5H2,(H,16,17). The first-order chi connectivity index (χ1) is 8.38. The fourth-order valence-electron chi connectivity index (χ4n) is 1.48. The predicted octanol–water partition coefficient (Wildman–Crippen LogP) is 3.42. The Hall–Kier alpha value is -1.07. The summed E-state index contributed by atoms with van der Waals surface area (Å²) in [5, 5.41) is 2.54. The molecule has 0 saturated heterocycles. The quantitative estimate of drug-likeness (QED) is 0.865. The van der Waals surface area contributed by atoms with Crippen molar-refractivity contribution in [2.75, 3.05) is 5.32 Å². The van der Waals surface area contributed by atoms with Crippen LogP contribution in [0.2, 0.25) is 0 Å². The van der Waals surface area contributed by atoms with Crippen LogP contribution in [0.15, 0.2) is 24.3 Å².